The number of nitrogens with one attached hydrogen (secondary N) is 5. The number of aromatic amines is 1. The standard InChI is InChI=1S/C28H22F3N5O2/c29-28(30,31)18-5-1-4-17(12-18)16-33-27(38)35-21-7-2-6-20(13-21)34-22-9-10-23-24(14-19-8-3-11-32-19)26(37)36-25(23)15-22/h1-15,32,34H,16H2,(H,36,37)(H2,33,35,38)/b24-14-. The van der Waals surface area contributed by atoms with E-state index < -0.39 is 17.8 Å². The monoisotopic (exact) mass is 517 g/mol. The lowest BCUT2D eigenvalue weighted by Gasteiger charge is -2.12. The summed E-state index contributed by atoms with van der Waals surface area (Å²) in [6.07, 6.45) is -0.866. The maximum Gasteiger partial charge on any atom is 0.416 e. The van der Waals surface area contributed by atoms with Crippen molar-refractivity contribution in [2.45, 2.75) is 12.7 Å². The van der Waals surface area contributed by atoms with Crippen LogP contribution >= 0.6 is 0 Å². The number of anilines is 4. The molecule has 0 unspecified atom stereocenters. The van der Waals surface area contributed by atoms with E-state index >= 15 is 0 Å². The molecule has 0 saturated heterocycles. The van der Waals surface area contributed by atoms with Crippen LogP contribution in [0.5, 0.6) is 0 Å². The summed E-state index contributed by atoms with van der Waals surface area (Å²) in [6, 6.07) is 20.5. The lowest BCUT2D eigenvalue weighted by Crippen LogP contribution is -2.28. The molecule has 0 saturated carbocycles. The predicted octanol–water partition coefficient (Wildman–Crippen LogP) is 6.59. The van der Waals surface area contributed by atoms with Crippen molar-refractivity contribution in [1.82, 2.24) is 10.3 Å². The van der Waals surface area contributed by atoms with E-state index in [2.05, 4.69) is 26.3 Å². The molecule has 4 aromatic rings. The molecule has 10 heteroatoms. The molecule has 2 heterocycles. The van der Waals surface area contributed by atoms with Gasteiger partial charge in [-0.05, 0) is 66.2 Å². The molecule has 1 aromatic heterocycles. The Bertz CT molecular complexity index is 1530. The molecule has 7 nitrogen and oxygen atoms in total. The van der Waals surface area contributed by atoms with Crippen LogP contribution < -0.4 is 21.3 Å². The number of urea groups is 1. The summed E-state index contributed by atoms with van der Waals surface area (Å²) in [7, 11) is 0. The molecule has 0 radical (unpaired) electrons. The third-order valence-electron chi connectivity index (χ3n) is 5.84. The molecule has 1 aliphatic rings. The number of amides is 3. The maximum absolute atomic E-state index is 12.9. The maximum atomic E-state index is 12.9. The third kappa shape index (κ3) is 5.70. The molecule has 0 atom stereocenters. The second-order valence-corrected chi connectivity index (χ2v) is 8.61. The van der Waals surface area contributed by atoms with Crippen LogP contribution in [-0.4, -0.2) is 16.9 Å². The van der Waals surface area contributed by atoms with Gasteiger partial charge in [0.25, 0.3) is 5.91 Å². The van der Waals surface area contributed by atoms with Crippen molar-refractivity contribution in [3.8, 4) is 0 Å². The average Bonchev–Trinajstić information content (AvgIpc) is 3.50. The van der Waals surface area contributed by atoms with Gasteiger partial charge in [0.1, 0.15) is 0 Å². The summed E-state index contributed by atoms with van der Waals surface area (Å²) >= 11 is 0. The molecular formula is C28H22F3N5O2. The van der Waals surface area contributed by atoms with Gasteiger partial charge in [-0.15, -0.1) is 0 Å². The Morgan fingerprint density at radius 2 is 1.68 bits per heavy atom. The highest BCUT2D eigenvalue weighted by Gasteiger charge is 2.30. The van der Waals surface area contributed by atoms with Gasteiger partial charge >= 0.3 is 12.2 Å². The average molecular weight is 518 g/mol. The van der Waals surface area contributed by atoms with Crippen molar-refractivity contribution in [1.29, 1.82) is 0 Å². The molecule has 0 aliphatic carbocycles. The highest BCUT2D eigenvalue weighted by atomic mass is 19.4. The number of hydrogen-bond donors (Lipinski definition) is 5. The zero-order chi connectivity index (χ0) is 26.7. The van der Waals surface area contributed by atoms with Crippen LogP contribution in [0.2, 0.25) is 0 Å². The SMILES string of the molecule is O=C(NCc1cccc(C(F)(F)F)c1)Nc1cccc(Nc2ccc3c(c2)NC(=O)/C3=C\c2ccc[nH]2)c1. The minimum Gasteiger partial charge on any atom is -0.362 e. The normalized spacial score (nSPS) is 13.7. The van der Waals surface area contributed by atoms with Gasteiger partial charge in [-0.1, -0.05) is 24.3 Å². The number of alkyl halides is 3. The fraction of sp³-hybridized carbons (Fsp3) is 0.0714. The molecule has 3 aromatic carbocycles. The van der Waals surface area contributed by atoms with Crippen molar-refractivity contribution in [2.24, 2.45) is 0 Å². The fourth-order valence-electron chi connectivity index (χ4n) is 4.06. The zero-order valence-corrected chi connectivity index (χ0v) is 19.8. The smallest absolute Gasteiger partial charge is 0.362 e. The summed E-state index contributed by atoms with van der Waals surface area (Å²) in [5.74, 6) is -0.186. The van der Waals surface area contributed by atoms with E-state index in [0.717, 1.165) is 29.1 Å². The van der Waals surface area contributed by atoms with Gasteiger partial charge in [0.05, 0.1) is 16.8 Å². The Kier molecular flexibility index (Phi) is 6.61. The largest absolute Gasteiger partial charge is 0.416 e. The lowest BCUT2D eigenvalue weighted by atomic mass is 10.1. The van der Waals surface area contributed by atoms with Gasteiger partial charge in [-0.2, -0.15) is 13.2 Å². The first-order valence-corrected chi connectivity index (χ1v) is 11.6. The second kappa shape index (κ2) is 10.2. The van der Waals surface area contributed by atoms with Crippen molar-refractivity contribution < 1.29 is 22.8 Å². The van der Waals surface area contributed by atoms with E-state index in [1.165, 1.54) is 12.1 Å². The molecule has 1 aliphatic heterocycles. The molecule has 3 amide bonds. The van der Waals surface area contributed by atoms with Crippen molar-refractivity contribution in [3.05, 3.63) is 107 Å². The number of rotatable bonds is 6. The van der Waals surface area contributed by atoms with Gasteiger partial charge in [0.15, 0.2) is 0 Å². The minimum atomic E-state index is -4.45. The number of hydrogen-bond acceptors (Lipinski definition) is 3. The number of carbonyl (C=O) groups is 2. The van der Waals surface area contributed by atoms with Crippen LogP contribution in [0.3, 0.4) is 0 Å². The lowest BCUT2D eigenvalue weighted by molar-refractivity contribution is -0.137. The van der Waals surface area contributed by atoms with Crippen molar-refractivity contribution in [2.75, 3.05) is 16.0 Å². The molecule has 5 N–H and O–H groups in total. The Labute approximate surface area is 215 Å². The van der Waals surface area contributed by atoms with Crippen LogP contribution in [0, 0.1) is 0 Å². The highest BCUT2D eigenvalue weighted by Crippen LogP contribution is 2.36. The summed E-state index contributed by atoms with van der Waals surface area (Å²) in [5.41, 5.74) is 4.34. The van der Waals surface area contributed by atoms with Crippen LogP contribution in [-0.2, 0) is 17.5 Å². The molecule has 38 heavy (non-hydrogen) atoms. The number of halogens is 3. The van der Waals surface area contributed by atoms with Gasteiger partial charge in [-0.3, -0.25) is 4.79 Å². The predicted molar refractivity (Wildman–Crippen MR) is 141 cm³/mol. The van der Waals surface area contributed by atoms with Gasteiger partial charge in [0.2, 0.25) is 0 Å². The number of aromatic nitrogens is 1. The first kappa shape index (κ1) is 24.7. The Morgan fingerprint density at radius 3 is 2.47 bits per heavy atom. The topological polar surface area (TPSA) is 98.0 Å². The van der Waals surface area contributed by atoms with Crippen molar-refractivity contribution in [3.63, 3.8) is 0 Å². The van der Waals surface area contributed by atoms with Crippen LogP contribution in [0.1, 0.15) is 22.4 Å². The number of benzene rings is 3. The number of fused-ring (bicyclic) bond motifs is 1. The van der Waals surface area contributed by atoms with Crippen LogP contribution in [0.15, 0.2) is 85.1 Å². The summed E-state index contributed by atoms with van der Waals surface area (Å²) in [5, 5.41) is 11.4. The van der Waals surface area contributed by atoms with Crippen LogP contribution in [0.4, 0.5) is 40.7 Å². The fourth-order valence-corrected chi connectivity index (χ4v) is 4.06. The molecule has 5 rings (SSSR count). The number of carbonyl (C=O) groups excluding carboxylic acids is 2. The second-order valence-electron chi connectivity index (χ2n) is 8.61. The summed E-state index contributed by atoms with van der Waals surface area (Å²) in [4.78, 5) is 27.9. The van der Waals surface area contributed by atoms with Gasteiger partial charge < -0.3 is 26.3 Å². The summed E-state index contributed by atoms with van der Waals surface area (Å²) < 4.78 is 38.7. The molecule has 0 fully saturated rings. The Balaban J connectivity index is 1.22. The third-order valence-corrected chi connectivity index (χ3v) is 5.84. The van der Waals surface area contributed by atoms with E-state index in [4.69, 9.17) is 0 Å². The van der Waals surface area contributed by atoms with E-state index in [1.807, 2.05) is 36.4 Å². The number of H-pyrrole nitrogens is 1. The Hall–Kier alpha value is -4.99. The van der Waals surface area contributed by atoms with Gasteiger partial charge in [0, 0.05) is 41.1 Å². The molecule has 0 spiro atoms. The van der Waals surface area contributed by atoms with E-state index in [9.17, 15) is 22.8 Å². The highest BCUT2D eigenvalue weighted by molar-refractivity contribution is 6.35. The summed E-state index contributed by atoms with van der Waals surface area (Å²) in [6.45, 7) is -0.0607. The van der Waals surface area contributed by atoms with E-state index in [1.54, 1.807) is 30.5 Å². The minimum absolute atomic E-state index is 0.0607. The molecule has 192 valence electrons. The van der Waals surface area contributed by atoms with E-state index in [0.29, 0.717) is 28.2 Å². The first-order chi connectivity index (χ1) is 18.2. The van der Waals surface area contributed by atoms with Crippen molar-refractivity contribution >= 4 is 46.3 Å². The Morgan fingerprint density at radius 1 is 0.895 bits per heavy atom. The van der Waals surface area contributed by atoms with Crippen LogP contribution in [0.25, 0.3) is 11.6 Å². The first-order valence-electron chi connectivity index (χ1n) is 11.6. The van der Waals surface area contributed by atoms with Gasteiger partial charge in [-0.25, -0.2) is 4.79 Å². The molecular weight excluding hydrogens is 495 g/mol. The molecule has 0 bridgehead atoms. The van der Waals surface area contributed by atoms with E-state index in [-0.39, 0.29) is 12.5 Å². The zero-order valence-electron chi connectivity index (χ0n) is 19.8. The quantitative estimate of drug-likeness (QED) is 0.187.